The predicted octanol–water partition coefficient (Wildman–Crippen LogP) is 3.53. The molecule has 94 valence electrons. The molecule has 2 rings (SSSR count). The minimum Gasteiger partial charge on any atom is -0.392 e. The Labute approximate surface area is 107 Å². The van der Waals surface area contributed by atoms with E-state index < -0.39 is 6.10 Å². The lowest BCUT2D eigenvalue weighted by molar-refractivity contribution is 0.149. The van der Waals surface area contributed by atoms with Gasteiger partial charge in [0.05, 0.1) is 6.10 Å². The third kappa shape index (κ3) is 3.17. The number of aliphatic hydroxyl groups excluding tert-OH is 1. The molecule has 0 bridgehead atoms. The summed E-state index contributed by atoms with van der Waals surface area (Å²) in [5.41, 5.74) is 2.07. The molecule has 18 heavy (non-hydrogen) atoms. The summed E-state index contributed by atoms with van der Waals surface area (Å²) in [6.45, 7) is 2.00. The molecule has 0 spiro atoms. The average molecular weight is 244 g/mol. The summed E-state index contributed by atoms with van der Waals surface area (Å²) in [5, 5.41) is 10.2. The predicted molar refractivity (Wildman–Crippen MR) is 71.0 cm³/mol. The summed E-state index contributed by atoms with van der Waals surface area (Å²) in [7, 11) is 0. The Balaban J connectivity index is 2.03. The Hall–Kier alpha value is -1.67. The van der Waals surface area contributed by atoms with E-state index in [0.717, 1.165) is 11.1 Å². The van der Waals surface area contributed by atoms with E-state index in [-0.39, 0.29) is 11.7 Å². The summed E-state index contributed by atoms with van der Waals surface area (Å²) >= 11 is 0. The van der Waals surface area contributed by atoms with Crippen LogP contribution in [0.15, 0.2) is 54.6 Å². The highest BCUT2D eigenvalue weighted by molar-refractivity contribution is 5.22. The van der Waals surface area contributed by atoms with Gasteiger partial charge in [-0.15, -0.1) is 0 Å². The number of benzene rings is 2. The molecule has 1 nitrogen and oxygen atoms in total. The molecule has 0 radical (unpaired) electrons. The van der Waals surface area contributed by atoms with E-state index in [2.05, 4.69) is 0 Å². The third-order valence-electron chi connectivity index (χ3n) is 3.26. The van der Waals surface area contributed by atoms with Crippen LogP contribution in [0.25, 0.3) is 0 Å². The summed E-state index contributed by atoms with van der Waals surface area (Å²) in [6.07, 6.45) is 0.0777. The maximum absolute atomic E-state index is 12.8. The van der Waals surface area contributed by atoms with Crippen LogP contribution in [0.1, 0.15) is 24.0 Å². The zero-order valence-corrected chi connectivity index (χ0v) is 10.4. The molecule has 2 aromatic rings. The number of hydrogen-bond acceptors (Lipinski definition) is 1. The largest absolute Gasteiger partial charge is 0.392 e. The van der Waals surface area contributed by atoms with E-state index in [9.17, 15) is 9.50 Å². The third-order valence-corrected chi connectivity index (χ3v) is 3.26. The van der Waals surface area contributed by atoms with Gasteiger partial charge < -0.3 is 5.11 Å². The van der Waals surface area contributed by atoms with Crippen LogP contribution < -0.4 is 0 Å². The highest BCUT2D eigenvalue weighted by Gasteiger charge is 2.16. The van der Waals surface area contributed by atoms with Crippen molar-refractivity contribution in [2.75, 3.05) is 0 Å². The second-order valence-corrected chi connectivity index (χ2v) is 4.60. The van der Waals surface area contributed by atoms with Crippen molar-refractivity contribution >= 4 is 0 Å². The van der Waals surface area contributed by atoms with E-state index >= 15 is 0 Å². The molecule has 0 saturated heterocycles. The molecule has 0 fully saturated rings. The smallest absolute Gasteiger partial charge is 0.123 e. The van der Waals surface area contributed by atoms with E-state index in [0.29, 0.717) is 6.42 Å². The highest BCUT2D eigenvalue weighted by atomic mass is 19.1. The van der Waals surface area contributed by atoms with Gasteiger partial charge in [0.1, 0.15) is 5.82 Å². The van der Waals surface area contributed by atoms with Crippen LogP contribution in [-0.4, -0.2) is 11.2 Å². The molecule has 1 N–H and O–H groups in total. The lowest BCUT2D eigenvalue weighted by Crippen LogP contribution is -2.18. The van der Waals surface area contributed by atoms with E-state index in [4.69, 9.17) is 0 Å². The van der Waals surface area contributed by atoms with Crippen molar-refractivity contribution in [3.8, 4) is 0 Å². The molecule has 0 aliphatic rings. The van der Waals surface area contributed by atoms with E-state index in [1.807, 2.05) is 37.3 Å². The Morgan fingerprint density at radius 1 is 1.00 bits per heavy atom. The molecule has 2 unspecified atom stereocenters. The van der Waals surface area contributed by atoms with Gasteiger partial charge in [0, 0.05) is 5.92 Å². The Morgan fingerprint density at radius 3 is 2.22 bits per heavy atom. The SMILES string of the molecule is CC(c1ccccc1)C(O)Cc1ccc(F)cc1. The number of hydrogen-bond donors (Lipinski definition) is 1. The maximum Gasteiger partial charge on any atom is 0.123 e. The normalized spacial score (nSPS) is 14.2. The zero-order valence-electron chi connectivity index (χ0n) is 10.4. The van der Waals surface area contributed by atoms with Gasteiger partial charge in [-0.05, 0) is 29.7 Å². The first-order valence-corrected chi connectivity index (χ1v) is 6.14. The second-order valence-electron chi connectivity index (χ2n) is 4.60. The molecule has 0 aromatic heterocycles. The Bertz CT molecular complexity index is 478. The van der Waals surface area contributed by atoms with E-state index in [1.165, 1.54) is 12.1 Å². The quantitative estimate of drug-likeness (QED) is 0.872. The number of halogens is 1. The van der Waals surface area contributed by atoms with Gasteiger partial charge in [0.25, 0.3) is 0 Å². The van der Waals surface area contributed by atoms with Crippen molar-refractivity contribution in [1.82, 2.24) is 0 Å². The monoisotopic (exact) mass is 244 g/mol. The van der Waals surface area contributed by atoms with Crippen LogP contribution in [0.5, 0.6) is 0 Å². The number of aliphatic hydroxyl groups is 1. The number of rotatable bonds is 4. The van der Waals surface area contributed by atoms with Gasteiger partial charge >= 0.3 is 0 Å². The van der Waals surface area contributed by atoms with Crippen molar-refractivity contribution in [1.29, 1.82) is 0 Å². The molecule has 2 heteroatoms. The lowest BCUT2D eigenvalue weighted by Gasteiger charge is -2.19. The van der Waals surface area contributed by atoms with Gasteiger partial charge in [-0.3, -0.25) is 0 Å². The highest BCUT2D eigenvalue weighted by Crippen LogP contribution is 2.21. The van der Waals surface area contributed by atoms with Crippen LogP contribution in [0.3, 0.4) is 0 Å². The van der Waals surface area contributed by atoms with Gasteiger partial charge in [-0.1, -0.05) is 49.4 Å². The van der Waals surface area contributed by atoms with Gasteiger partial charge in [0.2, 0.25) is 0 Å². The van der Waals surface area contributed by atoms with E-state index in [1.54, 1.807) is 12.1 Å². The Kier molecular flexibility index (Phi) is 4.11. The van der Waals surface area contributed by atoms with Crippen molar-refractivity contribution in [2.45, 2.75) is 25.4 Å². The molecule has 2 atom stereocenters. The molecule has 0 amide bonds. The Morgan fingerprint density at radius 2 is 1.61 bits per heavy atom. The molecule has 0 aliphatic heterocycles. The first kappa shape index (κ1) is 12.8. The second kappa shape index (κ2) is 5.78. The molecule has 0 heterocycles. The molecular weight excluding hydrogens is 227 g/mol. The summed E-state index contributed by atoms with van der Waals surface area (Å²) in [6, 6.07) is 16.2. The van der Waals surface area contributed by atoms with Crippen molar-refractivity contribution in [3.05, 3.63) is 71.5 Å². The minimum atomic E-state index is -0.460. The van der Waals surface area contributed by atoms with Gasteiger partial charge in [-0.25, -0.2) is 4.39 Å². The summed E-state index contributed by atoms with van der Waals surface area (Å²) < 4.78 is 12.8. The zero-order chi connectivity index (χ0) is 13.0. The van der Waals surface area contributed by atoms with Gasteiger partial charge in [-0.2, -0.15) is 0 Å². The fourth-order valence-electron chi connectivity index (χ4n) is 2.02. The lowest BCUT2D eigenvalue weighted by atomic mass is 9.91. The van der Waals surface area contributed by atoms with Gasteiger partial charge in [0.15, 0.2) is 0 Å². The van der Waals surface area contributed by atoms with Crippen molar-refractivity contribution in [3.63, 3.8) is 0 Å². The minimum absolute atomic E-state index is 0.0660. The molecule has 0 aliphatic carbocycles. The molecule has 0 saturated carbocycles. The molecule has 2 aromatic carbocycles. The van der Waals surface area contributed by atoms with Crippen molar-refractivity contribution < 1.29 is 9.50 Å². The summed E-state index contributed by atoms with van der Waals surface area (Å²) in [5.74, 6) is -0.180. The van der Waals surface area contributed by atoms with Crippen LogP contribution in [0, 0.1) is 5.82 Å². The van der Waals surface area contributed by atoms with Crippen LogP contribution in [0.2, 0.25) is 0 Å². The van der Waals surface area contributed by atoms with Crippen LogP contribution in [0.4, 0.5) is 4.39 Å². The first-order valence-electron chi connectivity index (χ1n) is 6.14. The fourth-order valence-corrected chi connectivity index (χ4v) is 2.02. The van der Waals surface area contributed by atoms with Crippen LogP contribution >= 0.6 is 0 Å². The topological polar surface area (TPSA) is 20.2 Å². The first-order chi connectivity index (χ1) is 8.66. The summed E-state index contributed by atoms with van der Waals surface area (Å²) in [4.78, 5) is 0. The fraction of sp³-hybridized carbons (Fsp3) is 0.250. The van der Waals surface area contributed by atoms with Crippen molar-refractivity contribution in [2.24, 2.45) is 0 Å². The molecular formula is C16H17FO. The van der Waals surface area contributed by atoms with Crippen LogP contribution in [-0.2, 0) is 6.42 Å². The maximum atomic E-state index is 12.8. The standard InChI is InChI=1S/C16H17FO/c1-12(14-5-3-2-4-6-14)16(18)11-13-7-9-15(17)10-8-13/h2-10,12,16,18H,11H2,1H3. The average Bonchev–Trinajstić information content (AvgIpc) is 2.41.